The Morgan fingerprint density at radius 1 is 1.24 bits per heavy atom. The van der Waals surface area contributed by atoms with Crippen LogP contribution in [0.3, 0.4) is 0 Å². The first-order chi connectivity index (χ1) is 10.1. The number of nitrogens with one attached hydrogen (secondary N) is 1. The molecule has 1 heterocycles. The van der Waals surface area contributed by atoms with Crippen LogP contribution in [0.2, 0.25) is 0 Å². The summed E-state index contributed by atoms with van der Waals surface area (Å²) in [5.41, 5.74) is 0.983. The zero-order valence-electron chi connectivity index (χ0n) is 12.0. The van der Waals surface area contributed by atoms with Crippen molar-refractivity contribution in [3.05, 3.63) is 48.0 Å². The normalized spacial score (nSPS) is 18.6. The Kier molecular flexibility index (Phi) is 3.60. The van der Waals surface area contributed by atoms with E-state index in [1.807, 2.05) is 36.4 Å². The number of carbonyl (C=O) groups excluding carboxylic acids is 2. The molecule has 4 nitrogen and oxygen atoms in total. The van der Waals surface area contributed by atoms with Gasteiger partial charge in [0.05, 0.1) is 6.42 Å². The Morgan fingerprint density at radius 2 is 2.00 bits per heavy atom. The summed E-state index contributed by atoms with van der Waals surface area (Å²) in [6.07, 6.45) is 0.336. The summed E-state index contributed by atoms with van der Waals surface area (Å²) in [7, 11) is 0. The molecule has 0 radical (unpaired) electrons. The fraction of sp³-hybridized carbons (Fsp3) is 0.294. The molecule has 1 saturated heterocycles. The van der Waals surface area contributed by atoms with E-state index in [9.17, 15) is 9.59 Å². The molecule has 1 aliphatic rings. The standard InChI is InChI=1S/C17H18N2O2/c1-12-17(21)18-8-9-19(12)16(20)11-13-6-7-14-4-2-3-5-15(14)10-13/h2-7,10,12H,8-9,11H2,1H3,(H,18,21). The van der Waals surface area contributed by atoms with Gasteiger partial charge < -0.3 is 10.2 Å². The Morgan fingerprint density at radius 3 is 2.81 bits per heavy atom. The Balaban J connectivity index is 1.78. The molecular weight excluding hydrogens is 264 g/mol. The first-order valence-corrected chi connectivity index (χ1v) is 7.20. The van der Waals surface area contributed by atoms with Gasteiger partial charge in [-0.25, -0.2) is 0 Å². The van der Waals surface area contributed by atoms with Crippen LogP contribution in [0.1, 0.15) is 12.5 Å². The Labute approximate surface area is 123 Å². The van der Waals surface area contributed by atoms with Gasteiger partial charge in [-0.2, -0.15) is 0 Å². The van der Waals surface area contributed by atoms with E-state index in [4.69, 9.17) is 0 Å². The third-order valence-corrected chi connectivity index (χ3v) is 3.99. The number of rotatable bonds is 2. The van der Waals surface area contributed by atoms with Crippen molar-refractivity contribution in [3.8, 4) is 0 Å². The van der Waals surface area contributed by atoms with Crippen LogP contribution >= 0.6 is 0 Å². The summed E-state index contributed by atoms with van der Waals surface area (Å²) < 4.78 is 0. The molecule has 2 amide bonds. The van der Waals surface area contributed by atoms with Gasteiger partial charge in [0, 0.05) is 13.1 Å². The molecule has 3 rings (SSSR count). The molecule has 0 aliphatic carbocycles. The van der Waals surface area contributed by atoms with Crippen molar-refractivity contribution in [1.29, 1.82) is 0 Å². The number of carbonyl (C=O) groups is 2. The average Bonchev–Trinajstić information content (AvgIpc) is 2.50. The van der Waals surface area contributed by atoms with Crippen molar-refractivity contribution >= 4 is 22.6 Å². The van der Waals surface area contributed by atoms with E-state index >= 15 is 0 Å². The largest absolute Gasteiger partial charge is 0.353 e. The average molecular weight is 282 g/mol. The molecule has 1 unspecified atom stereocenters. The monoisotopic (exact) mass is 282 g/mol. The van der Waals surface area contributed by atoms with E-state index in [0.717, 1.165) is 10.9 Å². The van der Waals surface area contributed by atoms with Crippen LogP contribution in [0.15, 0.2) is 42.5 Å². The van der Waals surface area contributed by atoms with Crippen LogP contribution in [0.25, 0.3) is 10.8 Å². The second-order valence-corrected chi connectivity index (χ2v) is 5.41. The van der Waals surface area contributed by atoms with Crippen LogP contribution in [-0.2, 0) is 16.0 Å². The summed E-state index contributed by atoms with van der Waals surface area (Å²) >= 11 is 0. The van der Waals surface area contributed by atoms with E-state index in [-0.39, 0.29) is 17.9 Å². The minimum Gasteiger partial charge on any atom is -0.353 e. The molecule has 0 spiro atoms. The van der Waals surface area contributed by atoms with Crippen molar-refractivity contribution < 1.29 is 9.59 Å². The highest BCUT2D eigenvalue weighted by atomic mass is 16.2. The van der Waals surface area contributed by atoms with Crippen molar-refractivity contribution in [2.45, 2.75) is 19.4 Å². The molecule has 2 aromatic carbocycles. The number of amides is 2. The third kappa shape index (κ3) is 2.75. The van der Waals surface area contributed by atoms with E-state index in [1.54, 1.807) is 11.8 Å². The van der Waals surface area contributed by atoms with Crippen LogP contribution in [0.4, 0.5) is 0 Å². The van der Waals surface area contributed by atoms with E-state index in [2.05, 4.69) is 11.4 Å². The van der Waals surface area contributed by atoms with Gasteiger partial charge >= 0.3 is 0 Å². The quantitative estimate of drug-likeness (QED) is 0.912. The third-order valence-electron chi connectivity index (χ3n) is 3.99. The highest BCUT2D eigenvalue weighted by molar-refractivity contribution is 5.90. The van der Waals surface area contributed by atoms with Crippen molar-refractivity contribution in [2.24, 2.45) is 0 Å². The van der Waals surface area contributed by atoms with Crippen molar-refractivity contribution in [2.75, 3.05) is 13.1 Å². The lowest BCUT2D eigenvalue weighted by Crippen LogP contribution is -2.56. The SMILES string of the molecule is CC1C(=O)NCCN1C(=O)Cc1ccc2ccccc2c1. The predicted octanol–water partition coefficient (Wildman–Crippen LogP) is 1.73. The van der Waals surface area contributed by atoms with Crippen LogP contribution in [0, 0.1) is 0 Å². The van der Waals surface area contributed by atoms with E-state index in [0.29, 0.717) is 19.5 Å². The minimum atomic E-state index is -0.383. The zero-order chi connectivity index (χ0) is 14.8. The Hall–Kier alpha value is -2.36. The molecule has 0 bridgehead atoms. The number of hydrogen-bond acceptors (Lipinski definition) is 2. The zero-order valence-corrected chi connectivity index (χ0v) is 12.0. The fourth-order valence-electron chi connectivity index (χ4n) is 2.75. The van der Waals surface area contributed by atoms with Crippen LogP contribution in [0.5, 0.6) is 0 Å². The summed E-state index contributed by atoms with van der Waals surface area (Å²) in [5.74, 6) is -0.0688. The maximum absolute atomic E-state index is 12.4. The van der Waals surface area contributed by atoms with E-state index < -0.39 is 0 Å². The van der Waals surface area contributed by atoms with Crippen molar-refractivity contribution in [1.82, 2.24) is 10.2 Å². The number of fused-ring (bicyclic) bond motifs is 1. The molecule has 1 aliphatic heterocycles. The molecule has 0 aromatic heterocycles. The van der Waals surface area contributed by atoms with Gasteiger partial charge in [-0.05, 0) is 23.3 Å². The minimum absolute atomic E-state index is 0.00707. The van der Waals surface area contributed by atoms with Gasteiger partial charge in [0.25, 0.3) is 0 Å². The van der Waals surface area contributed by atoms with Gasteiger partial charge in [-0.15, -0.1) is 0 Å². The fourth-order valence-corrected chi connectivity index (χ4v) is 2.75. The lowest BCUT2D eigenvalue weighted by atomic mass is 10.0. The summed E-state index contributed by atoms with van der Waals surface area (Å²) in [4.78, 5) is 25.7. The number of hydrogen-bond donors (Lipinski definition) is 1. The van der Waals surface area contributed by atoms with Gasteiger partial charge in [0.2, 0.25) is 11.8 Å². The number of piperazine rings is 1. The molecule has 4 heteroatoms. The van der Waals surface area contributed by atoms with E-state index in [1.165, 1.54) is 5.39 Å². The molecular formula is C17H18N2O2. The molecule has 1 atom stereocenters. The predicted molar refractivity (Wildman–Crippen MR) is 81.8 cm³/mol. The topological polar surface area (TPSA) is 49.4 Å². The molecule has 0 saturated carbocycles. The highest BCUT2D eigenvalue weighted by Crippen LogP contribution is 2.17. The van der Waals surface area contributed by atoms with Gasteiger partial charge in [0.15, 0.2) is 0 Å². The maximum atomic E-state index is 12.4. The van der Waals surface area contributed by atoms with Gasteiger partial charge in [-0.1, -0.05) is 42.5 Å². The van der Waals surface area contributed by atoms with Gasteiger partial charge in [0.1, 0.15) is 6.04 Å². The lowest BCUT2D eigenvalue weighted by Gasteiger charge is -2.32. The lowest BCUT2D eigenvalue weighted by molar-refractivity contribution is -0.142. The summed E-state index contributed by atoms with van der Waals surface area (Å²) in [5, 5.41) is 5.07. The second kappa shape index (κ2) is 5.56. The summed E-state index contributed by atoms with van der Waals surface area (Å²) in [6, 6.07) is 13.8. The molecule has 21 heavy (non-hydrogen) atoms. The molecule has 108 valence electrons. The number of nitrogens with zero attached hydrogens (tertiary/aromatic N) is 1. The first-order valence-electron chi connectivity index (χ1n) is 7.20. The smallest absolute Gasteiger partial charge is 0.242 e. The van der Waals surface area contributed by atoms with Crippen LogP contribution < -0.4 is 5.32 Å². The molecule has 1 fully saturated rings. The molecule has 1 N–H and O–H groups in total. The van der Waals surface area contributed by atoms with Crippen molar-refractivity contribution in [3.63, 3.8) is 0 Å². The second-order valence-electron chi connectivity index (χ2n) is 5.41. The Bertz CT molecular complexity index is 696. The highest BCUT2D eigenvalue weighted by Gasteiger charge is 2.28. The molecule has 2 aromatic rings. The van der Waals surface area contributed by atoms with Gasteiger partial charge in [-0.3, -0.25) is 9.59 Å². The summed E-state index contributed by atoms with van der Waals surface area (Å²) in [6.45, 7) is 2.89. The first kappa shape index (κ1) is 13.6. The number of benzene rings is 2. The van der Waals surface area contributed by atoms with Crippen LogP contribution in [-0.4, -0.2) is 35.8 Å². The maximum Gasteiger partial charge on any atom is 0.242 e.